The van der Waals surface area contributed by atoms with Crippen LogP contribution in [0.2, 0.25) is 5.15 Å². The fourth-order valence-electron chi connectivity index (χ4n) is 6.62. The first-order valence-corrected chi connectivity index (χ1v) is 15.1. The number of ether oxygens (including phenoxy) is 1. The van der Waals surface area contributed by atoms with Crippen molar-refractivity contribution in [3.8, 4) is 5.69 Å². The van der Waals surface area contributed by atoms with Gasteiger partial charge in [-0.2, -0.15) is 13.2 Å². The molecule has 242 valence electrons. The number of benzene rings is 1. The van der Waals surface area contributed by atoms with Crippen LogP contribution in [0.25, 0.3) is 16.7 Å². The highest BCUT2D eigenvalue weighted by atomic mass is 35.5. The second kappa shape index (κ2) is 11.0. The smallest absolute Gasteiger partial charge is 0.407 e. The molecular weight excluding hydrogens is 619 g/mol. The number of carbonyl (C=O) groups is 2. The number of piperidine rings is 1. The Bertz CT molecular complexity index is 1700. The Morgan fingerprint density at radius 1 is 1.18 bits per heavy atom. The van der Waals surface area contributed by atoms with Crippen LogP contribution in [0.5, 0.6) is 0 Å². The van der Waals surface area contributed by atoms with Gasteiger partial charge in [-0.15, -0.1) is 0 Å². The van der Waals surface area contributed by atoms with Gasteiger partial charge in [0.05, 0.1) is 54.2 Å². The number of aliphatic hydroxyl groups is 1. The molecule has 45 heavy (non-hydrogen) atoms. The van der Waals surface area contributed by atoms with Gasteiger partial charge in [0.2, 0.25) is 5.91 Å². The Morgan fingerprint density at radius 3 is 2.44 bits per heavy atom. The molecule has 4 atom stereocenters. The fraction of sp³-hybridized carbons (Fsp3) is 0.533. The van der Waals surface area contributed by atoms with Crippen LogP contribution < -0.4 is 5.56 Å². The van der Waals surface area contributed by atoms with Crippen molar-refractivity contribution in [3.05, 3.63) is 57.7 Å². The minimum absolute atomic E-state index is 0.0777. The molecule has 2 aromatic heterocycles. The van der Waals surface area contributed by atoms with Crippen LogP contribution in [-0.2, 0) is 16.1 Å². The number of carbonyl (C=O) groups excluding carboxylic acids is 1. The number of likely N-dealkylation sites (tertiary alicyclic amines) is 1. The Labute approximate surface area is 260 Å². The van der Waals surface area contributed by atoms with E-state index in [2.05, 4.69) is 4.98 Å². The van der Waals surface area contributed by atoms with Crippen LogP contribution in [0.15, 0.2) is 41.5 Å². The molecule has 2 unspecified atom stereocenters. The summed E-state index contributed by atoms with van der Waals surface area (Å²) >= 11 is 6.55. The highest BCUT2D eigenvalue weighted by molar-refractivity contribution is 6.31. The van der Waals surface area contributed by atoms with Crippen LogP contribution in [0.1, 0.15) is 44.7 Å². The van der Waals surface area contributed by atoms with E-state index >= 15 is 0 Å². The molecule has 0 spiro atoms. The first-order chi connectivity index (χ1) is 21.1. The summed E-state index contributed by atoms with van der Waals surface area (Å²) in [4.78, 5) is 45.3. The Morgan fingerprint density at radius 2 is 1.84 bits per heavy atom. The molecular formula is C30H33ClF3N5O6. The maximum absolute atomic E-state index is 13.5. The highest BCUT2D eigenvalue weighted by Crippen LogP contribution is 2.61. The van der Waals surface area contributed by atoms with E-state index in [1.54, 1.807) is 28.8 Å². The molecule has 2 saturated heterocycles. The summed E-state index contributed by atoms with van der Waals surface area (Å²) in [5.41, 5.74) is -1.63. The summed E-state index contributed by atoms with van der Waals surface area (Å²) in [5, 5.41) is 21.4. The molecule has 1 aromatic carbocycles. The first kappa shape index (κ1) is 31.4. The van der Waals surface area contributed by atoms with E-state index in [4.69, 9.17) is 16.3 Å². The minimum Gasteiger partial charge on any atom is -0.465 e. The zero-order chi connectivity index (χ0) is 32.5. The lowest BCUT2D eigenvalue weighted by molar-refractivity contribution is -0.165. The third-order valence-electron chi connectivity index (χ3n) is 9.46. The molecule has 2 aliphatic heterocycles. The number of hydrogen-bond acceptors (Lipinski definition) is 6. The van der Waals surface area contributed by atoms with Gasteiger partial charge in [-0.3, -0.25) is 23.6 Å². The van der Waals surface area contributed by atoms with Crippen LogP contribution in [0, 0.1) is 11.3 Å². The number of nitrogens with zero attached hydrogens (tertiary/aromatic N) is 5. The van der Waals surface area contributed by atoms with Gasteiger partial charge in [0.1, 0.15) is 11.5 Å². The minimum atomic E-state index is -4.42. The summed E-state index contributed by atoms with van der Waals surface area (Å²) in [6, 6.07) is 8.07. The lowest BCUT2D eigenvalue weighted by Gasteiger charge is -2.39. The molecule has 3 aliphatic rings. The van der Waals surface area contributed by atoms with Crippen molar-refractivity contribution >= 4 is 34.6 Å². The van der Waals surface area contributed by atoms with E-state index in [0.717, 1.165) is 5.56 Å². The molecule has 4 heterocycles. The predicted molar refractivity (Wildman–Crippen MR) is 156 cm³/mol. The molecule has 0 bridgehead atoms. The number of amides is 2. The van der Waals surface area contributed by atoms with Gasteiger partial charge in [0.25, 0.3) is 5.56 Å². The van der Waals surface area contributed by atoms with Crippen LogP contribution in [-0.4, -0.2) is 90.3 Å². The van der Waals surface area contributed by atoms with Crippen LogP contribution in [0.3, 0.4) is 0 Å². The summed E-state index contributed by atoms with van der Waals surface area (Å²) in [6.07, 6.45) is -4.41. The van der Waals surface area contributed by atoms with E-state index in [9.17, 15) is 37.8 Å². The van der Waals surface area contributed by atoms with E-state index in [0.29, 0.717) is 11.3 Å². The second-order valence-electron chi connectivity index (χ2n) is 12.6. The van der Waals surface area contributed by atoms with Crippen molar-refractivity contribution in [3.63, 3.8) is 0 Å². The largest absolute Gasteiger partial charge is 0.465 e. The van der Waals surface area contributed by atoms with Gasteiger partial charge in [-0.25, -0.2) is 9.78 Å². The van der Waals surface area contributed by atoms with Crippen LogP contribution >= 0.6 is 11.6 Å². The van der Waals surface area contributed by atoms with Gasteiger partial charge in [0.15, 0.2) is 5.65 Å². The third kappa shape index (κ3) is 5.67. The van der Waals surface area contributed by atoms with Crippen molar-refractivity contribution < 1.29 is 37.7 Å². The summed E-state index contributed by atoms with van der Waals surface area (Å²) < 4.78 is 48.0. The molecule has 2 amide bonds. The van der Waals surface area contributed by atoms with Crippen molar-refractivity contribution in [1.82, 2.24) is 23.9 Å². The van der Waals surface area contributed by atoms with Crippen molar-refractivity contribution in [2.24, 2.45) is 11.3 Å². The van der Waals surface area contributed by atoms with Gasteiger partial charge in [-0.1, -0.05) is 30.7 Å². The molecule has 1 saturated carbocycles. The predicted octanol–water partition coefficient (Wildman–Crippen LogP) is 4.22. The average molecular weight is 652 g/mol. The van der Waals surface area contributed by atoms with Gasteiger partial charge in [-0.05, 0) is 49.9 Å². The molecule has 15 heteroatoms. The number of morpholine rings is 1. The zero-order valence-corrected chi connectivity index (χ0v) is 25.4. The maximum Gasteiger partial charge on any atom is 0.407 e. The van der Waals surface area contributed by atoms with Crippen LogP contribution in [0.4, 0.5) is 18.0 Å². The molecule has 3 fully saturated rings. The quantitative estimate of drug-likeness (QED) is 0.423. The number of hydrogen-bond donors (Lipinski definition) is 2. The highest BCUT2D eigenvalue weighted by Gasteiger charge is 2.68. The molecule has 6 rings (SSSR count). The zero-order valence-electron chi connectivity index (χ0n) is 24.6. The van der Waals surface area contributed by atoms with Gasteiger partial charge < -0.3 is 19.8 Å². The van der Waals surface area contributed by atoms with Crippen molar-refractivity contribution in [2.45, 2.75) is 63.6 Å². The molecule has 3 aromatic rings. The normalized spacial score (nSPS) is 26.7. The molecule has 2 N–H and O–H groups in total. The Balaban J connectivity index is 1.17. The topological polar surface area (TPSA) is 130 Å². The van der Waals surface area contributed by atoms with Crippen molar-refractivity contribution in [2.75, 3.05) is 26.2 Å². The summed E-state index contributed by atoms with van der Waals surface area (Å²) in [5.74, 6) is -2.21. The monoisotopic (exact) mass is 651 g/mol. The van der Waals surface area contributed by atoms with Crippen molar-refractivity contribution in [1.29, 1.82) is 0 Å². The Kier molecular flexibility index (Phi) is 7.68. The number of halogens is 4. The molecule has 11 nitrogen and oxygen atoms in total. The van der Waals surface area contributed by atoms with E-state index in [-0.39, 0.29) is 68.7 Å². The van der Waals surface area contributed by atoms with Gasteiger partial charge >= 0.3 is 12.3 Å². The lowest BCUT2D eigenvalue weighted by atomic mass is 9.90. The summed E-state index contributed by atoms with van der Waals surface area (Å²) in [7, 11) is 0. The number of rotatable bonds is 5. The molecule has 1 aliphatic carbocycles. The second-order valence-corrected chi connectivity index (χ2v) is 13.0. The standard InChI is InChI=1S/C30H33ClF3N5O6/c1-17-13-38(27(42)43)21(14-45-17)18-3-5-19(6-4-18)39-23(31)11-20-24(39)35-16-37(25(20)40)15-29(44)7-9-36(10-8-29)26(41)28(2)12-22(28)30(32,33)34/h3-6,11,16-17,21-22,44H,7-10,12-15H2,1-2H3,(H,42,43)/t17?,21?,22-,28-/m0/s1. The molecule has 0 radical (unpaired) electrons. The number of carboxylic acid groups (broad SMARTS) is 1. The fourth-order valence-corrected chi connectivity index (χ4v) is 6.91. The average Bonchev–Trinajstić information content (AvgIpc) is 3.59. The third-order valence-corrected chi connectivity index (χ3v) is 9.74. The number of aromatic nitrogens is 3. The van der Waals surface area contributed by atoms with E-state index in [1.807, 2.05) is 6.92 Å². The Hall–Kier alpha value is -3.62. The summed E-state index contributed by atoms with van der Waals surface area (Å²) in [6.45, 7) is 3.66. The van der Waals surface area contributed by atoms with E-state index in [1.165, 1.54) is 33.7 Å². The first-order valence-electron chi connectivity index (χ1n) is 14.7. The number of fused-ring (bicyclic) bond motifs is 1. The van der Waals surface area contributed by atoms with E-state index < -0.39 is 46.7 Å². The number of alkyl halides is 3. The van der Waals surface area contributed by atoms with Gasteiger partial charge in [0, 0.05) is 18.8 Å². The maximum atomic E-state index is 13.5. The SMILES string of the molecule is CC1CN(C(=O)O)C(c2ccc(-n3c(Cl)cc4c(=O)n(CC5(O)CCN(C(=O)[C@@]6(C)C[C@@H]6C(F)(F)F)CC5)cnc43)cc2)CO1. The lowest BCUT2D eigenvalue weighted by Crippen LogP contribution is -2.51.